The molecule has 0 saturated carbocycles. The number of ether oxygens (including phenoxy) is 1. The standard InChI is InChI=1S/C27H23F3N4O2/c28-27(29,30)25-7-6-21(16-33-25)22-12-18(17-36-11-9-31)13-23(14-22)34-26(35)24-15-20(8-10-32-24)19-4-2-1-3-5-19/h1-8,10,12-16H,9,11,17,31H2,(H,34,35). The molecule has 36 heavy (non-hydrogen) atoms. The van der Waals surface area contributed by atoms with Gasteiger partial charge in [0.05, 0.1) is 13.2 Å². The third-order valence-corrected chi connectivity index (χ3v) is 5.27. The molecule has 0 aliphatic carbocycles. The summed E-state index contributed by atoms with van der Waals surface area (Å²) in [4.78, 5) is 20.7. The van der Waals surface area contributed by atoms with Crippen molar-refractivity contribution >= 4 is 11.6 Å². The third kappa shape index (κ3) is 6.32. The first-order chi connectivity index (χ1) is 17.3. The van der Waals surface area contributed by atoms with Crippen molar-refractivity contribution in [2.24, 2.45) is 5.73 Å². The summed E-state index contributed by atoms with van der Waals surface area (Å²) in [6, 6.07) is 20.5. The fourth-order valence-corrected chi connectivity index (χ4v) is 3.58. The Labute approximate surface area is 206 Å². The zero-order valence-corrected chi connectivity index (χ0v) is 19.1. The van der Waals surface area contributed by atoms with Crippen LogP contribution in [0.5, 0.6) is 0 Å². The number of nitrogens with zero attached hydrogens (tertiary/aromatic N) is 2. The van der Waals surface area contributed by atoms with Gasteiger partial charge in [-0.05, 0) is 58.7 Å². The molecule has 2 aromatic carbocycles. The van der Waals surface area contributed by atoms with E-state index in [1.165, 1.54) is 6.07 Å². The number of pyridine rings is 2. The Morgan fingerprint density at radius 3 is 2.39 bits per heavy atom. The lowest BCUT2D eigenvalue weighted by Gasteiger charge is -2.13. The number of hydrogen-bond acceptors (Lipinski definition) is 5. The molecule has 4 aromatic rings. The number of anilines is 1. The first kappa shape index (κ1) is 25.0. The normalized spacial score (nSPS) is 11.3. The average molecular weight is 493 g/mol. The van der Waals surface area contributed by atoms with Crippen molar-refractivity contribution in [3.63, 3.8) is 0 Å². The molecule has 9 heteroatoms. The Morgan fingerprint density at radius 1 is 0.889 bits per heavy atom. The minimum atomic E-state index is -4.53. The summed E-state index contributed by atoms with van der Waals surface area (Å²) >= 11 is 0. The van der Waals surface area contributed by atoms with Gasteiger partial charge in [0.15, 0.2) is 0 Å². The summed E-state index contributed by atoms with van der Waals surface area (Å²) in [6.07, 6.45) is -1.82. The first-order valence-corrected chi connectivity index (χ1v) is 11.1. The quantitative estimate of drug-likeness (QED) is 0.315. The molecule has 4 rings (SSSR count). The number of nitrogens with two attached hydrogens (primary N) is 1. The fraction of sp³-hybridized carbons (Fsp3) is 0.148. The molecule has 3 N–H and O–H groups in total. The van der Waals surface area contributed by atoms with Gasteiger partial charge in [-0.15, -0.1) is 0 Å². The average Bonchev–Trinajstić information content (AvgIpc) is 2.89. The molecule has 0 atom stereocenters. The lowest BCUT2D eigenvalue weighted by atomic mass is 10.0. The predicted octanol–water partition coefficient (Wildman–Crippen LogP) is 5.56. The number of carbonyl (C=O) groups excluding carboxylic acids is 1. The molecule has 0 bridgehead atoms. The highest BCUT2D eigenvalue weighted by Gasteiger charge is 2.32. The van der Waals surface area contributed by atoms with Crippen LogP contribution in [0.25, 0.3) is 22.3 Å². The van der Waals surface area contributed by atoms with Gasteiger partial charge in [-0.3, -0.25) is 14.8 Å². The number of rotatable bonds is 8. The van der Waals surface area contributed by atoms with Crippen molar-refractivity contribution in [3.8, 4) is 22.3 Å². The van der Waals surface area contributed by atoms with Crippen LogP contribution in [0.15, 0.2) is 85.2 Å². The zero-order valence-electron chi connectivity index (χ0n) is 19.1. The Morgan fingerprint density at radius 2 is 1.69 bits per heavy atom. The van der Waals surface area contributed by atoms with Crippen molar-refractivity contribution in [1.29, 1.82) is 0 Å². The number of nitrogens with one attached hydrogen (secondary N) is 1. The van der Waals surface area contributed by atoms with E-state index in [2.05, 4.69) is 15.3 Å². The maximum absolute atomic E-state index is 13.0. The molecule has 0 radical (unpaired) electrons. The molecule has 0 spiro atoms. The molecule has 6 nitrogen and oxygen atoms in total. The Kier molecular flexibility index (Phi) is 7.72. The third-order valence-electron chi connectivity index (χ3n) is 5.27. The van der Waals surface area contributed by atoms with E-state index in [0.717, 1.165) is 23.4 Å². The van der Waals surface area contributed by atoms with Gasteiger partial charge in [0, 0.05) is 30.2 Å². The zero-order chi connectivity index (χ0) is 25.5. The smallest absolute Gasteiger partial charge is 0.375 e. The summed E-state index contributed by atoms with van der Waals surface area (Å²) in [5, 5.41) is 2.83. The number of carbonyl (C=O) groups is 1. The highest BCUT2D eigenvalue weighted by molar-refractivity contribution is 6.03. The van der Waals surface area contributed by atoms with Crippen molar-refractivity contribution < 1.29 is 22.7 Å². The van der Waals surface area contributed by atoms with E-state index in [-0.39, 0.29) is 12.3 Å². The van der Waals surface area contributed by atoms with Crippen LogP contribution < -0.4 is 11.1 Å². The van der Waals surface area contributed by atoms with Crippen LogP contribution in [0.4, 0.5) is 18.9 Å². The Bertz CT molecular complexity index is 1330. The van der Waals surface area contributed by atoms with E-state index < -0.39 is 17.8 Å². The van der Waals surface area contributed by atoms with Gasteiger partial charge < -0.3 is 15.8 Å². The monoisotopic (exact) mass is 492 g/mol. The topological polar surface area (TPSA) is 90.1 Å². The highest BCUT2D eigenvalue weighted by atomic mass is 19.4. The van der Waals surface area contributed by atoms with Gasteiger partial charge in [-0.1, -0.05) is 36.4 Å². The van der Waals surface area contributed by atoms with Gasteiger partial charge in [0.1, 0.15) is 11.4 Å². The maximum atomic E-state index is 13.0. The summed E-state index contributed by atoms with van der Waals surface area (Å²) in [7, 11) is 0. The van der Waals surface area contributed by atoms with Gasteiger partial charge in [0.2, 0.25) is 0 Å². The fourth-order valence-electron chi connectivity index (χ4n) is 3.58. The van der Waals surface area contributed by atoms with Crippen LogP contribution in [0.2, 0.25) is 0 Å². The van der Waals surface area contributed by atoms with E-state index in [1.807, 2.05) is 36.4 Å². The Balaban J connectivity index is 1.62. The van der Waals surface area contributed by atoms with Crippen molar-refractivity contribution in [1.82, 2.24) is 9.97 Å². The number of alkyl halides is 3. The van der Waals surface area contributed by atoms with Gasteiger partial charge in [-0.2, -0.15) is 13.2 Å². The van der Waals surface area contributed by atoms with E-state index in [0.29, 0.717) is 35.5 Å². The number of halogens is 3. The molecular weight excluding hydrogens is 469 g/mol. The van der Waals surface area contributed by atoms with Crippen LogP contribution in [0.3, 0.4) is 0 Å². The SMILES string of the molecule is NCCOCc1cc(NC(=O)c2cc(-c3ccccc3)ccn2)cc(-c2ccc(C(F)(F)F)nc2)c1. The van der Waals surface area contributed by atoms with Gasteiger partial charge in [-0.25, -0.2) is 0 Å². The van der Waals surface area contributed by atoms with Crippen LogP contribution in [-0.4, -0.2) is 29.0 Å². The second-order valence-electron chi connectivity index (χ2n) is 7.94. The van der Waals surface area contributed by atoms with Crippen LogP contribution in [-0.2, 0) is 17.5 Å². The van der Waals surface area contributed by atoms with E-state index >= 15 is 0 Å². The molecule has 0 fully saturated rings. The molecule has 0 aliphatic rings. The second-order valence-corrected chi connectivity index (χ2v) is 7.94. The lowest BCUT2D eigenvalue weighted by Crippen LogP contribution is -2.14. The minimum Gasteiger partial charge on any atom is -0.375 e. The number of hydrogen-bond donors (Lipinski definition) is 2. The van der Waals surface area contributed by atoms with Gasteiger partial charge >= 0.3 is 6.18 Å². The van der Waals surface area contributed by atoms with Crippen molar-refractivity contribution in [2.75, 3.05) is 18.5 Å². The largest absolute Gasteiger partial charge is 0.433 e. The van der Waals surface area contributed by atoms with Crippen LogP contribution in [0, 0.1) is 0 Å². The lowest BCUT2D eigenvalue weighted by molar-refractivity contribution is -0.141. The molecule has 0 unspecified atom stereocenters. The predicted molar refractivity (Wildman–Crippen MR) is 131 cm³/mol. The summed E-state index contributed by atoms with van der Waals surface area (Å²) in [5.41, 5.74) is 8.71. The number of aromatic nitrogens is 2. The van der Waals surface area contributed by atoms with Gasteiger partial charge in [0.25, 0.3) is 5.91 Å². The molecule has 0 aliphatic heterocycles. The second kappa shape index (κ2) is 11.1. The van der Waals surface area contributed by atoms with Crippen molar-refractivity contribution in [2.45, 2.75) is 12.8 Å². The molecule has 184 valence electrons. The molecule has 2 heterocycles. The summed E-state index contributed by atoms with van der Waals surface area (Å²) < 4.78 is 44.3. The van der Waals surface area contributed by atoms with E-state index in [1.54, 1.807) is 30.5 Å². The van der Waals surface area contributed by atoms with Crippen LogP contribution >= 0.6 is 0 Å². The minimum absolute atomic E-state index is 0.212. The Hall–Kier alpha value is -4.08. The van der Waals surface area contributed by atoms with Crippen molar-refractivity contribution in [3.05, 3.63) is 102 Å². The molecule has 0 saturated heterocycles. The van der Waals surface area contributed by atoms with E-state index in [9.17, 15) is 18.0 Å². The van der Waals surface area contributed by atoms with E-state index in [4.69, 9.17) is 10.5 Å². The summed E-state index contributed by atoms with van der Waals surface area (Å²) in [5.74, 6) is -0.427. The molecule has 2 aromatic heterocycles. The maximum Gasteiger partial charge on any atom is 0.433 e. The highest BCUT2D eigenvalue weighted by Crippen LogP contribution is 2.30. The first-order valence-electron chi connectivity index (χ1n) is 11.1. The number of amides is 1. The summed E-state index contributed by atoms with van der Waals surface area (Å²) in [6.45, 7) is 0.892. The van der Waals surface area contributed by atoms with Crippen LogP contribution in [0.1, 0.15) is 21.7 Å². The molecule has 1 amide bonds. The number of benzene rings is 2. The molecular formula is C27H23F3N4O2.